The number of anilines is 2. The summed E-state index contributed by atoms with van der Waals surface area (Å²) >= 11 is 4.69. The van der Waals surface area contributed by atoms with Crippen LogP contribution in [0.5, 0.6) is 5.75 Å². The molecular formula is C15H12BrN3O2S. The second-order valence-corrected chi connectivity index (χ2v) is 6.52. The molecule has 0 atom stereocenters. The van der Waals surface area contributed by atoms with Gasteiger partial charge in [-0.15, -0.1) is 0 Å². The molecule has 0 aliphatic carbocycles. The average Bonchev–Trinajstić information content (AvgIpc) is 2.87. The van der Waals surface area contributed by atoms with E-state index in [4.69, 9.17) is 10.5 Å². The van der Waals surface area contributed by atoms with Crippen molar-refractivity contribution in [3.63, 3.8) is 0 Å². The number of fused-ring (bicyclic) bond motifs is 1. The van der Waals surface area contributed by atoms with E-state index >= 15 is 0 Å². The highest BCUT2D eigenvalue weighted by atomic mass is 79.9. The number of ether oxygens (including phenoxy) is 1. The summed E-state index contributed by atoms with van der Waals surface area (Å²) in [5, 5.41) is 3.32. The molecule has 1 aromatic heterocycles. The van der Waals surface area contributed by atoms with Gasteiger partial charge in [0.1, 0.15) is 11.3 Å². The van der Waals surface area contributed by atoms with Crippen molar-refractivity contribution >= 4 is 54.2 Å². The molecule has 1 amide bonds. The lowest BCUT2D eigenvalue weighted by atomic mass is 10.2. The predicted octanol–water partition coefficient (Wildman–Crippen LogP) is 3.90. The number of nitrogens with two attached hydrogens (primary N) is 1. The molecule has 0 saturated carbocycles. The number of carbonyl (C=O) groups excluding carboxylic acids is 1. The van der Waals surface area contributed by atoms with Gasteiger partial charge in [0, 0.05) is 21.8 Å². The van der Waals surface area contributed by atoms with Crippen LogP contribution in [-0.2, 0) is 0 Å². The van der Waals surface area contributed by atoms with Crippen LogP contribution in [0.1, 0.15) is 10.4 Å². The van der Waals surface area contributed by atoms with Crippen LogP contribution < -0.4 is 15.8 Å². The van der Waals surface area contributed by atoms with Gasteiger partial charge < -0.3 is 15.8 Å². The molecule has 3 aromatic rings. The fourth-order valence-electron chi connectivity index (χ4n) is 2.05. The molecule has 5 nitrogen and oxygen atoms in total. The summed E-state index contributed by atoms with van der Waals surface area (Å²) in [5.74, 6) is 0.392. The molecule has 112 valence electrons. The van der Waals surface area contributed by atoms with Crippen molar-refractivity contribution in [2.45, 2.75) is 0 Å². The Kier molecular flexibility index (Phi) is 4.00. The fraction of sp³-hybridized carbons (Fsp3) is 0.0667. The molecule has 1 heterocycles. The van der Waals surface area contributed by atoms with Gasteiger partial charge in [-0.05, 0) is 30.3 Å². The van der Waals surface area contributed by atoms with Crippen LogP contribution in [0.3, 0.4) is 0 Å². The Hall–Kier alpha value is -2.12. The number of hydrogen-bond acceptors (Lipinski definition) is 5. The van der Waals surface area contributed by atoms with E-state index in [2.05, 4.69) is 26.2 Å². The molecular weight excluding hydrogens is 366 g/mol. The molecule has 0 spiro atoms. The van der Waals surface area contributed by atoms with Gasteiger partial charge in [-0.3, -0.25) is 4.79 Å². The number of methoxy groups -OCH3 is 1. The first kappa shape index (κ1) is 14.8. The summed E-state index contributed by atoms with van der Waals surface area (Å²) in [6, 6.07) is 10.7. The predicted molar refractivity (Wildman–Crippen MR) is 92.7 cm³/mol. The van der Waals surface area contributed by atoms with Crippen molar-refractivity contribution in [1.82, 2.24) is 4.98 Å². The number of carbonyl (C=O) groups is 1. The van der Waals surface area contributed by atoms with Crippen molar-refractivity contribution < 1.29 is 9.53 Å². The van der Waals surface area contributed by atoms with E-state index in [1.165, 1.54) is 11.3 Å². The second kappa shape index (κ2) is 5.94. The monoisotopic (exact) mass is 377 g/mol. The van der Waals surface area contributed by atoms with Crippen molar-refractivity contribution in [1.29, 1.82) is 0 Å². The van der Waals surface area contributed by atoms with E-state index in [-0.39, 0.29) is 5.91 Å². The maximum atomic E-state index is 12.3. The minimum absolute atomic E-state index is 0.189. The molecule has 7 heteroatoms. The smallest absolute Gasteiger partial charge is 0.255 e. The zero-order chi connectivity index (χ0) is 15.7. The summed E-state index contributed by atoms with van der Waals surface area (Å²) in [4.78, 5) is 16.5. The van der Waals surface area contributed by atoms with Gasteiger partial charge in [0.05, 0.1) is 11.8 Å². The van der Waals surface area contributed by atoms with Crippen LogP contribution in [-0.4, -0.2) is 18.0 Å². The van der Waals surface area contributed by atoms with Gasteiger partial charge >= 0.3 is 0 Å². The van der Waals surface area contributed by atoms with E-state index < -0.39 is 0 Å². The molecule has 0 unspecified atom stereocenters. The number of hydrogen-bond donors (Lipinski definition) is 2. The molecule has 0 fully saturated rings. The normalized spacial score (nSPS) is 10.6. The third kappa shape index (κ3) is 2.90. The molecule has 22 heavy (non-hydrogen) atoms. The van der Waals surface area contributed by atoms with Crippen molar-refractivity contribution in [3.05, 3.63) is 46.4 Å². The van der Waals surface area contributed by atoms with Gasteiger partial charge in [0.25, 0.3) is 5.91 Å². The summed E-state index contributed by atoms with van der Waals surface area (Å²) in [5.41, 5.74) is 7.65. The Morgan fingerprint density at radius 2 is 2.05 bits per heavy atom. The molecule has 0 aliphatic heterocycles. The van der Waals surface area contributed by atoms with Crippen LogP contribution in [0.2, 0.25) is 0 Å². The van der Waals surface area contributed by atoms with Gasteiger partial charge in [-0.25, -0.2) is 4.98 Å². The number of aromatic nitrogens is 1. The van der Waals surface area contributed by atoms with Crippen molar-refractivity contribution in [2.24, 2.45) is 0 Å². The number of nitrogens with one attached hydrogen (secondary N) is 1. The molecule has 2 aromatic carbocycles. The lowest BCUT2D eigenvalue weighted by Crippen LogP contribution is -2.11. The first-order valence-electron chi connectivity index (χ1n) is 6.38. The Labute approximate surface area is 139 Å². The third-order valence-electron chi connectivity index (χ3n) is 3.06. The van der Waals surface area contributed by atoms with Crippen molar-refractivity contribution in [2.75, 3.05) is 18.2 Å². The third-order valence-corrected chi connectivity index (χ3v) is 4.42. The largest absolute Gasteiger partial charge is 0.494 e. The number of nitrogens with zero attached hydrogens (tertiary/aromatic N) is 1. The van der Waals surface area contributed by atoms with Crippen molar-refractivity contribution in [3.8, 4) is 5.75 Å². The number of thiazole rings is 1. The number of rotatable bonds is 3. The summed E-state index contributed by atoms with van der Waals surface area (Å²) in [6.07, 6.45) is 0. The van der Waals surface area contributed by atoms with Gasteiger partial charge in [0.2, 0.25) is 0 Å². The Bertz CT molecular complexity index is 846. The van der Waals surface area contributed by atoms with Crippen LogP contribution in [0, 0.1) is 0 Å². The van der Waals surface area contributed by atoms with Crippen LogP contribution >= 0.6 is 27.3 Å². The van der Waals surface area contributed by atoms with E-state index in [1.807, 2.05) is 18.2 Å². The van der Waals surface area contributed by atoms with Gasteiger partial charge in [-0.2, -0.15) is 0 Å². The number of nitrogen functional groups attached to an aromatic ring is 1. The average molecular weight is 378 g/mol. The number of halogens is 1. The molecule has 3 N–H and O–H groups in total. The summed E-state index contributed by atoms with van der Waals surface area (Å²) in [6.45, 7) is 0. The van der Waals surface area contributed by atoms with E-state index in [9.17, 15) is 4.79 Å². The molecule has 0 bridgehead atoms. The van der Waals surface area contributed by atoms with E-state index in [0.29, 0.717) is 27.6 Å². The summed E-state index contributed by atoms with van der Waals surface area (Å²) < 4.78 is 7.10. The number of benzene rings is 2. The van der Waals surface area contributed by atoms with Crippen LogP contribution in [0.25, 0.3) is 10.2 Å². The molecule has 3 rings (SSSR count). The molecule has 0 saturated heterocycles. The second-order valence-electron chi connectivity index (χ2n) is 4.54. The molecule has 0 radical (unpaired) electrons. The Balaban J connectivity index is 1.93. The first-order valence-corrected chi connectivity index (χ1v) is 7.99. The number of amides is 1. The zero-order valence-corrected chi connectivity index (χ0v) is 14.0. The van der Waals surface area contributed by atoms with Crippen LogP contribution in [0.15, 0.2) is 40.9 Å². The Morgan fingerprint density at radius 3 is 2.73 bits per heavy atom. The maximum Gasteiger partial charge on any atom is 0.255 e. The Morgan fingerprint density at radius 1 is 1.32 bits per heavy atom. The van der Waals surface area contributed by atoms with E-state index in [0.717, 1.165) is 9.17 Å². The van der Waals surface area contributed by atoms with Crippen LogP contribution in [0.4, 0.5) is 10.8 Å². The SMILES string of the molecule is COc1cc(NC(=O)c2ccc(Br)cc2)cc2sc(N)nc12. The highest BCUT2D eigenvalue weighted by Gasteiger charge is 2.12. The zero-order valence-electron chi connectivity index (χ0n) is 11.6. The minimum atomic E-state index is -0.189. The lowest BCUT2D eigenvalue weighted by molar-refractivity contribution is 0.102. The first-order chi connectivity index (χ1) is 10.6. The standard InChI is InChI=1S/C15H12BrN3O2S/c1-21-11-6-10(7-12-13(11)19-15(17)22-12)18-14(20)8-2-4-9(16)5-3-8/h2-7H,1H3,(H2,17,19)(H,18,20). The molecule has 0 aliphatic rings. The van der Waals surface area contributed by atoms with Gasteiger partial charge in [-0.1, -0.05) is 27.3 Å². The fourth-order valence-corrected chi connectivity index (χ4v) is 3.10. The van der Waals surface area contributed by atoms with E-state index in [1.54, 1.807) is 25.3 Å². The lowest BCUT2D eigenvalue weighted by Gasteiger charge is -2.08. The summed E-state index contributed by atoms with van der Waals surface area (Å²) in [7, 11) is 1.56. The highest BCUT2D eigenvalue weighted by Crippen LogP contribution is 2.34. The highest BCUT2D eigenvalue weighted by molar-refractivity contribution is 9.10. The maximum absolute atomic E-state index is 12.3. The quantitative estimate of drug-likeness (QED) is 0.725. The topological polar surface area (TPSA) is 77.2 Å². The van der Waals surface area contributed by atoms with Gasteiger partial charge in [0.15, 0.2) is 5.13 Å². The minimum Gasteiger partial charge on any atom is -0.494 e.